The van der Waals surface area contributed by atoms with Gasteiger partial charge in [0, 0.05) is 11.0 Å². The van der Waals surface area contributed by atoms with Crippen molar-refractivity contribution in [1.29, 1.82) is 0 Å². The number of hydrogen-bond donors (Lipinski definition) is 3. The van der Waals surface area contributed by atoms with Crippen LogP contribution in [-0.4, -0.2) is 17.1 Å². The van der Waals surface area contributed by atoms with E-state index in [0.717, 1.165) is 4.90 Å². The van der Waals surface area contributed by atoms with Gasteiger partial charge in [-0.2, -0.15) is 0 Å². The van der Waals surface area contributed by atoms with Crippen LogP contribution in [0.5, 0.6) is 5.75 Å². The number of methoxy groups -OCH3 is 1. The molecule has 0 spiro atoms. The Morgan fingerprint density at radius 1 is 1.11 bits per heavy atom. The number of aromatic nitrogens is 2. The number of anilines is 3. The number of nitrogen functional groups attached to an aromatic ring is 3. The second kappa shape index (κ2) is 5.01. The van der Waals surface area contributed by atoms with Crippen molar-refractivity contribution in [2.24, 2.45) is 0 Å². The Morgan fingerprint density at radius 3 is 2.39 bits per heavy atom. The molecular weight excluding hydrogens is 250 g/mol. The molecule has 0 fully saturated rings. The average Bonchev–Trinajstić information content (AvgIpc) is 2.30. The van der Waals surface area contributed by atoms with E-state index in [0.29, 0.717) is 28.2 Å². The summed E-state index contributed by atoms with van der Waals surface area (Å²) in [6, 6.07) is 6.98. The molecule has 0 amide bonds. The fraction of sp³-hybridized carbons (Fsp3) is 0.0909. The third-order valence-corrected chi connectivity index (χ3v) is 3.13. The third-order valence-electron chi connectivity index (χ3n) is 2.19. The third kappa shape index (κ3) is 2.57. The number of nitrogens with two attached hydrogens (primary N) is 3. The van der Waals surface area contributed by atoms with Gasteiger partial charge in [-0.05, 0) is 23.9 Å². The number of benzene rings is 1. The lowest BCUT2D eigenvalue weighted by atomic mass is 10.3. The van der Waals surface area contributed by atoms with Gasteiger partial charge >= 0.3 is 0 Å². The predicted octanol–water partition coefficient (Wildman–Crippen LogP) is 1.38. The molecule has 1 aromatic carbocycles. The minimum Gasteiger partial charge on any atom is -0.495 e. The maximum atomic E-state index is 5.95. The molecule has 1 heterocycles. The summed E-state index contributed by atoms with van der Waals surface area (Å²) in [5, 5.41) is 0.451. The largest absolute Gasteiger partial charge is 0.495 e. The molecular formula is C11H13N5OS. The molecule has 0 radical (unpaired) electrons. The van der Waals surface area contributed by atoms with Gasteiger partial charge in [-0.1, -0.05) is 6.07 Å². The number of para-hydroxylation sites is 1. The minimum atomic E-state index is 0.325. The highest BCUT2D eigenvalue weighted by atomic mass is 32.2. The van der Waals surface area contributed by atoms with Crippen LogP contribution in [0.25, 0.3) is 0 Å². The van der Waals surface area contributed by atoms with E-state index in [2.05, 4.69) is 9.97 Å². The Hall–Kier alpha value is -2.15. The van der Waals surface area contributed by atoms with Crippen LogP contribution < -0.4 is 21.9 Å². The molecule has 2 aromatic rings. The van der Waals surface area contributed by atoms with Crippen LogP contribution in [-0.2, 0) is 0 Å². The second-order valence-electron chi connectivity index (χ2n) is 3.47. The second-order valence-corrected chi connectivity index (χ2v) is 4.48. The summed E-state index contributed by atoms with van der Waals surface area (Å²) in [7, 11) is 1.56. The Morgan fingerprint density at radius 2 is 1.78 bits per heavy atom. The molecule has 2 rings (SSSR count). The van der Waals surface area contributed by atoms with Crippen molar-refractivity contribution in [1.82, 2.24) is 9.97 Å². The summed E-state index contributed by atoms with van der Waals surface area (Å²) in [6.07, 6.45) is 0. The molecule has 0 saturated heterocycles. The van der Waals surface area contributed by atoms with Crippen LogP contribution in [0, 0.1) is 0 Å². The molecule has 0 bridgehead atoms. The topological polar surface area (TPSA) is 113 Å². The first-order valence-electron chi connectivity index (χ1n) is 5.10. The monoisotopic (exact) mass is 263 g/mol. The summed E-state index contributed by atoms with van der Waals surface area (Å²) in [5.41, 5.74) is 17.7. The molecule has 94 valence electrons. The van der Waals surface area contributed by atoms with Gasteiger partial charge in [0.15, 0.2) is 5.16 Å². The molecule has 7 heteroatoms. The van der Waals surface area contributed by atoms with Crippen LogP contribution in [0.2, 0.25) is 0 Å². The normalized spacial score (nSPS) is 10.3. The molecule has 0 saturated carbocycles. The van der Waals surface area contributed by atoms with Gasteiger partial charge in [-0.15, -0.1) is 0 Å². The standard InChI is InChI=1S/C11H13N5OS/c1-17-6-3-2-4-7(10(6)14)18-11-15-8(12)5-9(13)16-11/h2-5H,14H2,1H3,(H4,12,13,15,16). The van der Waals surface area contributed by atoms with Crippen LogP contribution in [0.15, 0.2) is 34.3 Å². The number of nitrogens with zero attached hydrogens (tertiary/aromatic N) is 2. The first-order valence-corrected chi connectivity index (χ1v) is 5.92. The fourth-order valence-electron chi connectivity index (χ4n) is 1.40. The quantitative estimate of drug-likeness (QED) is 0.566. The number of ether oxygens (including phenoxy) is 1. The summed E-state index contributed by atoms with van der Waals surface area (Å²) in [5.74, 6) is 1.26. The van der Waals surface area contributed by atoms with Crippen molar-refractivity contribution in [3.63, 3.8) is 0 Å². The smallest absolute Gasteiger partial charge is 0.196 e. The van der Waals surface area contributed by atoms with Crippen LogP contribution in [0.3, 0.4) is 0 Å². The van der Waals surface area contributed by atoms with E-state index < -0.39 is 0 Å². The molecule has 0 unspecified atom stereocenters. The average molecular weight is 263 g/mol. The molecule has 0 atom stereocenters. The van der Waals surface area contributed by atoms with E-state index in [4.69, 9.17) is 21.9 Å². The van der Waals surface area contributed by atoms with Crippen molar-refractivity contribution in [3.05, 3.63) is 24.3 Å². The number of rotatable bonds is 3. The van der Waals surface area contributed by atoms with E-state index in [1.807, 2.05) is 12.1 Å². The lowest BCUT2D eigenvalue weighted by Crippen LogP contribution is -2.00. The highest BCUT2D eigenvalue weighted by molar-refractivity contribution is 7.99. The SMILES string of the molecule is COc1cccc(Sc2nc(N)cc(N)n2)c1N. The summed E-state index contributed by atoms with van der Waals surface area (Å²) >= 11 is 1.28. The van der Waals surface area contributed by atoms with Crippen molar-refractivity contribution < 1.29 is 4.74 Å². The summed E-state index contributed by atoms with van der Waals surface area (Å²) in [4.78, 5) is 8.95. The number of hydrogen-bond acceptors (Lipinski definition) is 7. The van der Waals surface area contributed by atoms with E-state index in [9.17, 15) is 0 Å². The zero-order chi connectivity index (χ0) is 13.1. The van der Waals surface area contributed by atoms with E-state index in [1.165, 1.54) is 17.8 Å². The lowest BCUT2D eigenvalue weighted by molar-refractivity contribution is 0.416. The molecule has 6 N–H and O–H groups in total. The zero-order valence-electron chi connectivity index (χ0n) is 9.75. The first-order chi connectivity index (χ1) is 8.60. The lowest BCUT2D eigenvalue weighted by Gasteiger charge is -2.09. The van der Waals surface area contributed by atoms with Crippen LogP contribution >= 0.6 is 11.8 Å². The van der Waals surface area contributed by atoms with Crippen LogP contribution in [0.4, 0.5) is 17.3 Å². The predicted molar refractivity (Wildman–Crippen MR) is 72.4 cm³/mol. The van der Waals surface area contributed by atoms with Gasteiger partial charge in [-0.25, -0.2) is 9.97 Å². The Labute approximate surface area is 109 Å². The van der Waals surface area contributed by atoms with Gasteiger partial charge < -0.3 is 21.9 Å². The highest BCUT2D eigenvalue weighted by Gasteiger charge is 2.09. The van der Waals surface area contributed by atoms with Gasteiger partial charge in [0.2, 0.25) is 0 Å². The van der Waals surface area contributed by atoms with E-state index >= 15 is 0 Å². The highest BCUT2D eigenvalue weighted by Crippen LogP contribution is 2.35. The van der Waals surface area contributed by atoms with Crippen molar-refractivity contribution in [3.8, 4) is 5.75 Å². The Kier molecular flexibility index (Phi) is 3.42. The maximum Gasteiger partial charge on any atom is 0.196 e. The molecule has 0 aliphatic carbocycles. The van der Waals surface area contributed by atoms with Gasteiger partial charge in [-0.3, -0.25) is 0 Å². The Bertz CT molecular complexity index is 555. The summed E-state index contributed by atoms with van der Waals surface area (Å²) in [6.45, 7) is 0. The Balaban J connectivity index is 2.34. The zero-order valence-corrected chi connectivity index (χ0v) is 10.6. The summed E-state index contributed by atoms with van der Waals surface area (Å²) < 4.78 is 5.14. The molecule has 0 aliphatic heterocycles. The first kappa shape index (κ1) is 12.3. The molecule has 18 heavy (non-hydrogen) atoms. The molecule has 0 aliphatic rings. The van der Waals surface area contributed by atoms with Crippen molar-refractivity contribution >= 4 is 29.1 Å². The fourth-order valence-corrected chi connectivity index (χ4v) is 2.25. The van der Waals surface area contributed by atoms with E-state index in [-0.39, 0.29) is 0 Å². The van der Waals surface area contributed by atoms with Crippen molar-refractivity contribution in [2.45, 2.75) is 10.1 Å². The maximum absolute atomic E-state index is 5.95. The van der Waals surface area contributed by atoms with Crippen LogP contribution in [0.1, 0.15) is 0 Å². The molecule has 1 aromatic heterocycles. The van der Waals surface area contributed by atoms with Gasteiger partial charge in [0.1, 0.15) is 17.4 Å². The molecule has 6 nitrogen and oxygen atoms in total. The van der Waals surface area contributed by atoms with E-state index in [1.54, 1.807) is 13.2 Å². The van der Waals surface area contributed by atoms with Gasteiger partial charge in [0.25, 0.3) is 0 Å². The van der Waals surface area contributed by atoms with Crippen molar-refractivity contribution in [2.75, 3.05) is 24.3 Å². The minimum absolute atomic E-state index is 0.325. The van der Waals surface area contributed by atoms with Gasteiger partial charge in [0.05, 0.1) is 12.8 Å².